The van der Waals surface area contributed by atoms with Gasteiger partial charge in [0.05, 0.1) is 6.61 Å². The van der Waals surface area contributed by atoms with Crippen molar-refractivity contribution in [1.82, 2.24) is 4.98 Å². The van der Waals surface area contributed by atoms with Gasteiger partial charge in [-0.1, -0.05) is 6.07 Å². The smallest absolute Gasteiger partial charge is 0.394 e. The molecule has 0 saturated heterocycles. The number of ether oxygens (including phenoxy) is 2. The van der Waals surface area contributed by atoms with Crippen molar-refractivity contribution in [3.05, 3.63) is 29.7 Å². The highest BCUT2D eigenvalue weighted by Gasteiger charge is 2.15. The Bertz CT molecular complexity index is 547. The van der Waals surface area contributed by atoms with Crippen molar-refractivity contribution in [2.45, 2.75) is 13.8 Å². The van der Waals surface area contributed by atoms with E-state index in [9.17, 15) is 4.79 Å². The predicted molar refractivity (Wildman–Crippen MR) is 65.5 cm³/mol. The van der Waals surface area contributed by atoms with Crippen LogP contribution in [0.3, 0.4) is 0 Å². The fourth-order valence-corrected chi connectivity index (χ4v) is 1.52. The number of carbonyl (C=O) groups is 1. The molecule has 1 heterocycles. The molecule has 0 unspecified atom stereocenters. The third kappa shape index (κ3) is 2.87. The molecule has 18 heavy (non-hydrogen) atoms. The molecular weight excluding hydrogens is 234 g/mol. The van der Waals surface area contributed by atoms with Gasteiger partial charge in [0.15, 0.2) is 5.58 Å². The number of carbonyl (C=O) groups excluding carboxylic acids is 1. The second-order valence-corrected chi connectivity index (χ2v) is 3.82. The molecule has 0 bridgehead atoms. The monoisotopic (exact) mass is 249 g/mol. The van der Waals surface area contributed by atoms with Crippen LogP contribution < -0.4 is 0 Å². The maximum Gasteiger partial charge on any atom is 0.394 e. The lowest BCUT2D eigenvalue weighted by atomic mass is 10.2. The zero-order valence-electron chi connectivity index (χ0n) is 10.4. The molecule has 0 aliphatic rings. The highest BCUT2D eigenvalue weighted by atomic mass is 16.6. The Balaban J connectivity index is 2.04. The Labute approximate surface area is 105 Å². The first-order valence-corrected chi connectivity index (χ1v) is 5.82. The zero-order chi connectivity index (χ0) is 13.0. The van der Waals surface area contributed by atoms with Crippen LogP contribution in [0.4, 0.5) is 0 Å². The molecule has 0 spiro atoms. The Morgan fingerprint density at radius 2 is 2.22 bits per heavy atom. The normalized spacial score (nSPS) is 10.8. The number of nitrogens with zero attached hydrogens (tertiary/aromatic N) is 1. The molecule has 2 rings (SSSR count). The lowest BCUT2D eigenvalue weighted by molar-refractivity contribution is 0.0299. The first kappa shape index (κ1) is 12.6. The summed E-state index contributed by atoms with van der Waals surface area (Å²) in [5, 5.41) is 0. The lowest BCUT2D eigenvalue weighted by Gasteiger charge is -2.01. The SMILES string of the molecule is CCOCCOC(=O)c1nc2ccc(C)cc2o1. The summed E-state index contributed by atoms with van der Waals surface area (Å²) in [5.74, 6) is -0.587. The molecule has 0 fully saturated rings. The van der Waals surface area contributed by atoms with Crippen molar-refractivity contribution < 1.29 is 18.7 Å². The number of hydrogen-bond acceptors (Lipinski definition) is 5. The van der Waals surface area contributed by atoms with Gasteiger partial charge in [0.2, 0.25) is 0 Å². The second kappa shape index (κ2) is 5.64. The number of rotatable bonds is 5. The van der Waals surface area contributed by atoms with Crippen molar-refractivity contribution in [3.63, 3.8) is 0 Å². The molecule has 5 heteroatoms. The Morgan fingerprint density at radius 3 is 3.00 bits per heavy atom. The third-order valence-corrected chi connectivity index (χ3v) is 2.38. The van der Waals surface area contributed by atoms with Crippen molar-refractivity contribution >= 4 is 17.1 Å². The Morgan fingerprint density at radius 1 is 1.39 bits per heavy atom. The van der Waals surface area contributed by atoms with Crippen molar-refractivity contribution in [3.8, 4) is 0 Å². The summed E-state index contributed by atoms with van der Waals surface area (Å²) in [7, 11) is 0. The molecule has 96 valence electrons. The van der Waals surface area contributed by atoms with E-state index >= 15 is 0 Å². The Hall–Kier alpha value is -1.88. The average Bonchev–Trinajstić information content (AvgIpc) is 2.77. The molecular formula is C13H15NO4. The van der Waals surface area contributed by atoms with E-state index in [1.807, 2.05) is 32.0 Å². The number of benzene rings is 1. The van der Waals surface area contributed by atoms with Crippen molar-refractivity contribution in [2.24, 2.45) is 0 Å². The minimum atomic E-state index is -0.566. The topological polar surface area (TPSA) is 61.6 Å². The fourth-order valence-electron chi connectivity index (χ4n) is 1.52. The van der Waals surface area contributed by atoms with E-state index in [4.69, 9.17) is 13.9 Å². The van der Waals surface area contributed by atoms with E-state index in [1.165, 1.54) is 0 Å². The number of oxazole rings is 1. The molecule has 1 aromatic heterocycles. The van der Waals surface area contributed by atoms with Gasteiger partial charge in [-0.2, -0.15) is 0 Å². The minimum Gasteiger partial charge on any atom is -0.456 e. The summed E-state index contributed by atoms with van der Waals surface area (Å²) in [5.41, 5.74) is 2.29. The molecule has 0 saturated carbocycles. The summed E-state index contributed by atoms with van der Waals surface area (Å²) in [6, 6.07) is 5.56. The van der Waals surface area contributed by atoms with Gasteiger partial charge in [-0.3, -0.25) is 0 Å². The highest BCUT2D eigenvalue weighted by Crippen LogP contribution is 2.17. The Kier molecular flexibility index (Phi) is 3.94. The largest absolute Gasteiger partial charge is 0.456 e. The van der Waals surface area contributed by atoms with Gasteiger partial charge in [0.1, 0.15) is 12.1 Å². The maximum atomic E-state index is 11.6. The standard InChI is InChI=1S/C13H15NO4/c1-3-16-6-7-17-13(15)12-14-10-5-4-9(2)8-11(10)18-12/h4-5,8H,3,6-7H2,1-2H3. The van der Waals surface area contributed by atoms with E-state index in [2.05, 4.69) is 4.98 Å². The van der Waals surface area contributed by atoms with Crippen LogP contribution in [0.5, 0.6) is 0 Å². The minimum absolute atomic E-state index is 0.0212. The van der Waals surface area contributed by atoms with E-state index in [0.717, 1.165) is 5.56 Å². The van der Waals surface area contributed by atoms with Crippen LogP contribution in [-0.4, -0.2) is 30.8 Å². The molecule has 0 amide bonds. The van der Waals surface area contributed by atoms with E-state index in [0.29, 0.717) is 24.3 Å². The summed E-state index contributed by atoms with van der Waals surface area (Å²) >= 11 is 0. The van der Waals surface area contributed by atoms with E-state index in [1.54, 1.807) is 0 Å². The second-order valence-electron chi connectivity index (χ2n) is 3.82. The number of hydrogen-bond donors (Lipinski definition) is 0. The summed E-state index contributed by atoms with van der Waals surface area (Å²) in [6.45, 7) is 5.00. The highest BCUT2D eigenvalue weighted by molar-refractivity contribution is 5.88. The van der Waals surface area contributed by atoms with Gasteiger partial charge in [-0.25, -0.2) is 9.78 Å². The number of aryl methyl sites for hydroxylation is 1. The molecule has 5 nitrogen and oxygen atoms in total. The predicted octanol–water partition coefficient (Wildman–Crippen LogP) is 2.33. The van der Waals surface area contributed by atoms with Crippen LogP contribution in [-0.2, 0) is 9.47 Å². The van der Waals surface area contributed by atoms with Gasteiger partial charge in [0, 0.05) is 6.61 Å². The van der Waals surface area contributed by atoms with Crippen LogP contribution in [0.2, 0.25) is 0 Å². The summed E-state index contributed by atoms with van der Waals surface area (Å²) in [6.07, 6.45) is 0. The molecule has 0 atom stereocenters. The van der Waals surface area contributed by atoms with Crippen molar-refractivity contribution in [2.75, 3.05) is 19.8 Å². The van der Waals surface area contributed by atoms with E-state index < -0.39 is 5.97 Å². The molecule has 2 aromatic rings. The number of fused-ring (bicyclic) bond motifs is 1. The van der Waals surface area contributed by atoms with Gasteiger partial charge in [0.25, 0.3) is 0 Å². The van der Waals surface area contributed by atoms with Gasteiger partial charge in [-0.05, 0) is 31.5 Å². The molecule has 0 aliphatic carbocycles. The molecule has 0 aliphatic heterocycles. The summed E-state index contributed by atoms with van der Waals surface area (Å²) < 4.78 is 15.4. The van der Waals surface area contributed by atoms with Gasteiger partial charge < -0.3 is 13.9 Å². The quantitative estimate of drug-likeness (QED) is 0.601. The fraction of sp³-hybridized carbons (Fsp3) is 0.385. The van der Waals surface area contributed by atoms with Crippen LogP contribution in [0, 0.1) is 6.92 Å². The van der Waals surface area contributed by atoms with Crippen LogP contribution >= 0.6 is 0 Å². The molecule has 0 radical (unpaired) electrons. The lowest BCUT2D eigenvalue weighted by Crippen LogP contribution is -2.10. The molecule has 0 N–H and O–H groups in total. The van der Waals surface area contributed by atoms with Crippen LogP contribution in [0.25, 0.3) is 11.1 Å². The van der Waals surface area contributed by atoms with Crippen LogP contribution in [0.1, 0.15) is 23.2 Å². The first-order valence-electron chi connectivity index (χ1n) is 5.82. The number of aromatic nitrogens is 1. The van der Waals surface area contributed by atoms with E-state index in [-0.39, 0.29) is 12.5 Å². The first-order chi connectivity index (χ1) is 8.70. The van der Waals surface area contributed by atoms with Gasteiger partial charge >= 0.3 is 11.9 Å². The number of esters is 1. The third-order valence-electron chi connectivity index (χ3n) is 2.38. The maximum absolute atomic E-state index is 11.6. The summed E-state index contributed by atoms with van der Waals surface area (Å²) in [4.78, 5) is 15.7. The average molecular weight is 249 g/mol. The molecule has 1 aromatic carbocycles. The van der Waals surface area contributed by atoms with Gasteiger partial charge in [-0.15, -0.1) is 0 Å². The van der Waals surface area contributed by atoms with Crippen LogP contribution in [0.15, 0.2) is 22.6 Å². The zero-order valence-corrected chi connectivity index (χ0v) is 10.4. The van der Waals surface area contributed by atoms with Crippen molar-refractivity contribution in [1.29, 1.82) is 0 Å².